The van der Waals surface area contributed by atoms with Gasteiger partial charge in [-0.05, 0) is 18.2 Å². The molecule has 1 aromatic rings. The Kier molecular flexibility index (Phi) is 3.69. The highest BCUT2D eigenvalue weighted by Gasteiger charge is 2.12. The standard InChI is InChI=1S/C9H10F2OS/c10-6-1-2-7(8(11)5-6)9(12)3-4-13/h1-2,5,9,12-13H,3-4H2. The normalized spacial score (nSPS) is 12.9. The molecule has 0 radical (unpaired) electrons. The fourth-order valence-corrected chi connectivity index (χ4v) is 1.29. The molecule has 0 fully saturated rings. The Morgan fingerprint density at radius 1 is 1.38 bits per heavy atom. The smallest absolute Gasteiger partial charge is 0.131 e. The Labute approximate surface area is 80.8 Å². The summed E-state index contributed by atoms with van der Waals surface area (Å²) in [6.45, 7) is 0. The molecule has 1 atom stereocenters. The highest BCUT2D eigenvalue weighted by molar-refractivity contribution is 7.80. The average molecular weight is 204 g/mol. The Morgan fingerprint density at radius 2 is 2.08 bits per heavy atom. The second-order valence-electron chi connectivity index (χ2n) is 2.69. The van der Waals surface area contributed by atoms with Gasteiger partial charge in [0.1, 0.15) is 11.6 Å². The minimum absolute atomic E-state index is 0.121. The zero-order chi connectivity index (χ0) is 9.84. The number of thiol groups is 1. The van der Waals surface area contributed by atoms with Gasteiger partial charge in [0.15, 0.2) is 0 Å². The van der Waals surface area contributed by atoms with Gasteiger partial charge in [-0.3, -0.25) is 0 Å². The van der Waals surface area contributed by atoms with Gasteiger partial charge in [0.05, 0.1) is 6.10 Å². The van der Waals surface area contributed by atoms with Crippen LogP contribution in [0.25, 0.3) is 0 Å². The summed E-state index contributed by atoms with van der Waals surface area (Å²) >= 11 is 3.91. The van der Waals surface area contributed by atoms with Crippen molar-refractivity contribution in [1.29, 1.82) is 0 Å². The number of halogens is 2. The Balaban J connectivity index is 2.88. The van der Waals surface area contributed by atoms with E-state index in [2.05, 4.69) is 12.6 Å². The predicted octanol–water partition coefficient (Wildman–Crippen LogP) is 2.32. The van der Waals surface area contributed by atoms with Gasteiger partial charge in [0.25, 0.3) is 0 Å². The molecule has 1 unspecified atom stereocenters. The number of rotatable bonds is 3. The third-order valence-corrected chi connectivity index (χ3v) is 1.98. The fraction of sp³-hybridized carbons (Fsp3) is 0.333. The highest BCUT2D eigenvalue weighted by atomic mass is 32.1. The van der Waals surface area contributed by atoms with Crippen LogP contribution < -0.4 is 0 Å². The van der Waals surface area contributed by atoms with Gasteiger partial charge in [-0.2, -0.15) is 12.6 Å². The van der Waals surface area contributed by atoms with E-state index in [9.17, 15) is 13.9 Å². The molecule has 13 heavy (non-hydrogen) atoms. The third-order valence-electron chi connectivity index (χ3n) is 1.72. The molecule has 0 aromatic heterocycles. The summed E-state index contributed by atoms with van der Waals surface area (Å²) in [6.07, 6.45) is -0.552. The van der Waals surface area contributed by atoms with Gasteiger partial charge in [0.2, 0.25) is 0 Å². The van der Waals surface area contributed by atoms with Gasteiger partial charge in [0, 0.05) is 11.6 Å². The minimum Gasteiger partial charge on any atom is -0.388 e. The maximum atomic E-state index is 13.0. The molecule has 1 N–H and O–H groups in total. The van der Waals surface area contributed by atoms with E-state index in [-0.39, 0.29) is 5.56 Å². The van der Waals surface area contributed by atoms with Crippen LogP contribution in [0.4, 0.5) is 8.78 Å². The van der Waals surface area contributed by atoms with Crippen molar-refractivity contribution in [2.75, 3.05) is 5.75 Å². The van der Waals surface area contributed by atoms with Crippen molar-refractivity contribution >= 4 is 12.6 Å². The molecule has 0 bridgehead atoms. The molecule has 1 rings (SSSR count). The molecular weight excluding hydrogens is 194 g/mol. The van der Waals surface area contributed by atoms with E-state index in [1.807, 2.05) is 0 Å². The van der Waals surface area contributed by atoms with Crippen LogP contribution in [0.5, 0.6) is 0 Å². The lowest BCUT2D eigenvalue weighted by Gasteiger charge is -2.09. The molecule has 0 saturated carbocycles. The second-order valence-corrected chi connectivity index (χ2v) is 3.14. The summed E-state index contributed by atoms with van der Waals surface area (Å²) in [7, 11) is 0. The first kappa shape index (κ1) is 10.5. The van der Waals surface area contributed by atoms with Crippen LogP contribution >= 0.6 is 12.6 Å². The van der Waals surface area contributed by atoms with Crippen LogP contribution in [0, 0.1) is 11.6 Å². The summed E-state index contributed by atoms with van der Waals surface area (Å²) in [4.78, 5) is 0. The lowest BCUT2D eigenvalue weighted by molar-refractivity contribution is 0.170. The molecule has 0 amide bonds. The van der Waals surface area contributed by atoms with E-state index in [1.165, 1.54) is 6.07 Å². The minimum atomic E-state index is -0.905. The molecule has 4 heteroatoms. The van der Waals surface area contributed by atoms with Gasteiger partial charge in [-0.25, -0.2) is 8.78 Å². The first-order chi connectivity index (χ1) is 6.15. The van der Waals surface area contributed by atoms with Crippen molar-refractivity contribution in [3.05, 3.63) is 35.4 Å². The van der Waals surface area contributed by atoms with Crippen LogP contribution in [-0.4, -0.2) is 10.9 Å². The maximum Gasteiger partial charge on any atom is 0.131 e. The Bertz CT molecular complexity index is 291. The number of hydrogen-bond donors (Lipinski definition) is 2. The molecule has 72 valence electrons. The summed E-state index contributed by atoms with van der Waals surface area (Å²) in [5, 5.41) is 9.38. The third kappa shape index (κ3) is 2.67. The monoisotopic (exact) mass is 204 g/mol. The Morgan fingerprint density at radius 3 is 2.62 bits per heavy atom. The number of aliphatic hydroxyl groups is 1. The molecule has 0 saturated heterocycles. The van der Waals surface area contributed by atoms with Crippen molar-refractivity contribution in [1.82, 2.24) is 0 Å². The average Bonchev–Trinajstić information content (AvgIpc) is 2.04. The molecule has 1 aromatic carbocycles. The molecule has 1 nitrogen and oxygen atoms in total. The quantitative estimate of drug-likeness (QED) is 0.724. The zero-order valence-electron chi connectivity index (χ0n) is 6.87. The van der Waals surface area contributed by atoms with Crippen molar-refractivity contribution < 1.29 is 13.9 Å². The molecular formula is C9H10F2OS. The maximum absolute atomic E-state index is 13.0. The summed E-state index contributed by atoms with van der Waals surface area (Å²) in [5.74, 6) is -0.897. The van der Waals surface area contributed by atoms with Gasteiger partial charge < -0.3 is 5.11 Å². The van der Waals surface area contributed by atoms with Gasteiger partial charge in [-0.1, -0.05) is 6.07 Å². The predicted molar refractivity (Wildman–Crippen MR) is 49.8 cm³/mol. The molecule has 0 heterocycles. The van der Waals surface area contributed by atoms with Gasteiger partial charge in [-0.15, -0.1) is 0 Å². The zero-order valence-corrected chi connectivity index (χ0v) is 7.77. The van der Waals surface area contributed by atoms with Crippen molar-refractivity contribution in [2.24, 2.45) is 0 Å². The SMILES string of the molecule is OC(CCS)c1ccc(F)cc1F. The molecule has 0 aliphatic heterocycles. The van der Waals surface area contributed by atoms with E-state index in [0.29, 0.717) is 12.2 Å². The van der Waals surface area contributed by atoms with Crippen LogP contribution in [0.15, 0.2) is 18.2 Å². The summed E-state index contributed by atoms with van der Waals surface area (Å²) in [6, 6.07) is 3.13. The van der Waals surface area contributed by atoms with Gasteiger partial charge >= 0.3 is 0 Å². The van der Waals surface area contributed by atoms with E-state index in [1.54, 1.807) is 0 Å². The topological polar surface area (TPSA) is 20.2 Å². The number of hydrogen-bond acceptors (Lipinski definition) is 2. The van der Waals surface area contributed by atoms with Crippen molar-refractivity contribution in [2.45, 2.75) is 12.5 Å². The van der Waals surface area contributed by atoms with E-state index in [4.69, 9.17) is 0 Å². The number of benzene rings is 1. The highest BCUT2D eigenvalue weighted by Crippen LogP contribution is 2.20. The van der Waals surface area contributed by atoms with E-state index < -0.39 is 17.7 Å². The molecule has 0 spiro atoms. The molecule has 0 aliphatic rings. The van der Waals surface area contributed by atoms with E-state index >= 15 is 0 Å². The lowest BCUT2D eigenvalue weighted by atomic mass is 10.1. The van der Waals surface area contributed by atoms with Crippen LogP contribution in [-0.2, 0) is 0 Å². The van der Waals surface area contributed by atoms with E-state index in [0.717, 1.165) is 12.1 Å². The first-order valence-corrected chi connectivity index (χ1v) is 4.52. The largest absolute Gasteiger partial charge is 0.388 e. The number of aliphatic hydroxyl groups excluding tert-OH is 1. The first-order valence-electron chi connectivity index (χ1n) is 3.89. The van der Waals surface area contributed by atoms with Crippen LogP contribution in [0.3, 0.4) is 0 Å². The Hall–Kier alpha value is -0.610. The second kappa shape index (κ2) is 4.58. The summed E-state index contributed by atoms with van der Waals surface area (Å²) < 4.78 is 25.5. The fourth-order valence-electron chi connectivity index (χ4n) is 1.05. The van der Waals surface area contributed by atoms with Crippen LogP contribution in [0.1, 0.15) is 18.1 Å². The summed E-state index contributed by atoms with van der Waals surface area (Å²) in [5.41, 5.74) is 0.121. The van der Waals surface area contributed by atoms with Crippen molar-refractivity contribution in [3.63, 3.8) is 0 Å². The van der Waals surface area contributed by atoms with Crippen molar-refractivity contribution in [3.8, 4) is 0 Å². The van der Waals surface area contributed by atoms with Crippen LogP contribution in [0.2, 0.25) is 0 Å². The lowest BCUT2D eigenvalue weighted by Crippen LogP contribution is -2.01. The molecule has 0 aliphatic carbocycles.